The molecule has 0 saturated carbocycles. The number of amides is 3. The van der Waals surface area contributed by atoms with E-state index in [9.17, 15) is 24.6 Å². The lowest BCUT2D eigenvalue weighted by atomic mass is 9.96. The molecule has 1 unspecified atom stereocenters. The second-order valence-electron chi connectivity index (χ2n) is 11.2. The average molecular weight is 606 g/mol. The number of aliphatic hydroxyl groups excluding tert-OH is 1. The molecule has 1 fully saturated rings. The van der Waals surface area contributed by atoms with Crippen LogP contribution in [0.5, 0.6) is 17.2 Å². The maximum Gasteiger partial charge on any atom is 0.254 e. The van der Waals surface area contributed by atoms with Crippen molar-refractivity contribution in [3.8, 4) is 17.2 Å². The molecule has 2 heterocycles. The van der Waals surface area contributed by atoms with Crippen LogP contribution in [0.3, 0.4) is 0 Å². The smallest absolute Gasteiger partial charge is 0.254 e. The van der Waals surface area contributed by atoms with Gasteiger partial charge < -0.3 is 35.2 Å². The summed E-state index contributed by atoms with van der Waals surface area (Å²) in [6.07, 6.45) is -1.47. The molecule has 0 aromatic heterocycles. The Morgan fingerprint density at radius 3 is 2.53 bits per heavy atom. The Labute approximate surface area is 254 Å². The van der Waals surface area contributed by atoms with Gasteiger partial charge in [-0.05, 0) is 62.6 Å². The summed E-state index contributed by atoms with van der Waals surface area (Å²) in [5, 5.41) is 27.3. The van der Waals surface area contributed by atoms with Crippen molar-refractivity contribution in [2.75, 3.05) is 12.7 Å². The number of ether oxygens (including phenoxy) is 2. The monoisotopic (exact) mass is 605 g/mol. The standard InChI is InChI=1S/C32H35N3O7S/c1-19-22(10-7-11-24(19)36)29(38)34-23(14-20-8-5-4-6-9-20)27(37)31(40)35-17-43-32(2,3)28(35)30(39)33-16-21-12-13-25-26(15-21)42-18-41-25/h4-13,15,23,27-28,36-37H,14,16-18H2,1-3H3,(H,33,39)(H,34,38)/t23-,27-,28?/m0/s1. The van der Waals surface area contributed by atoms with Gasteiger partial charge in [0.1, 0.15) is 11.8 Å². The molecule has 0 aliphatic carbocycles. The molecular formula is C32H35N3O7S. The molecule has 0 radical (unpaired) electrons. The second-order valence-corrected chi connectivity index (χ2v) is 12.8. The summed E-state index contributed by atoms with van der Waals surface area (Å²) in [5.41, 5.74) is 2.24. The minimum atomic E-state index is -1.64. The molecule has 0 bridgehead atoms. The predicted molar refractivity (Wildman–Crippen MR) is 162 cm³/mol. The third-order valence-electron chi connectivity index (χ3n) is 7.78. The molecule has 3 aromatic carbocycles. The van der Waals surface area contributed by atoms with Crippen molar-refractivity contribution >= 4 is 29.5 Å². The Morgan fingerprint density at radius 1 is 1.02 bits per heavy atom. The highest BCUT2D eigenvalue weighted by Gasteiger charge is 2.49. The van der Waals surface area contributed by atoms with Crippen LogP contribution >= 0.6 is 11.8 Å². The van der Waals surface area contributed by atoms with E-state index in [4.69, 9.17) is 9.47 Å². The maximum atomic E-state index is 13.9. The summed E-state index contributed by atoms with van der Waals surface area (Å²) in [6, 6.07) is 17.4. The SMILES string of the molecule is Cc1c(O)cccc1C(=O)N[C@@H](Cc1ccccc1)[C@H](O)C(=O)N1CSC(C)(C)C1C(=O)NCc1ccc2c(c1)OCO2. The van der Waals surface area contributed by atoms with Gasteiger partial charge in [-0.2, -0.15) is 0 Å². The lowest BCUT2D eigenvalue weighted by molar-refractivity contribution is -0.147. The first-order chi connectivity index (χ1) is 20.5. The molecule has 4 N–H and O–H groups in total. The number of rotatable bonds is 9. The number of carbonyl (C=O) groups is 3. The molecule has 0 spiro atoms. The van der Waals surface area contributed by atoms with Crippen molar-refractivity contribution in [1.82, 2.24) is 15.5 Å². The van der Waals surface area contributed by atoms with Crippen LogP contribution in [0.2, 0.25) is 0 Å². The van der Waals surface area contributed by atoms with Gasteiger partial charge in [-0.3, -0.25) is 14.4 Å². The van der Waals surface area contributed by atoms with E-state index in [1.807, 2.05) is 50.2 Å². The number of nitrogens with one attached hydrogen (secondary N) is 2. The summed E-state index contributed by atoms with van der Waals surface area (Å²) in [5.74, 6) is -0.128. The first kappa shape index (κ1) is 30.2. The molecule has 3 amide bonds. The van der Waals surface area contributed by atoms with Gasteiger partial charge in [0, 0.05) is 22.4 Å². The van der Waals surface area contributed by atoms with Crippen molar-refractivity contribution in [2.45, 2.75) is 56.7 Å². The molecule has 11 heteroatoms. The highest BCUT2D eigenvalue weighted by Crippen LogP contribution is 2.40. The molecule has 226 valence electrons. The minimum absolute atomic E-state index is 0.0326. The first-order valence-electron chi connectivity index (χ1n) is 14.0. The van der Waals surface area contributed by atoms with Crippen LogP contribution in [0.1, 0.15) is 40.9 Å². The number of phenols is 1. The van der Waals surface area contributed by atoms with Gasteiger partial charge in [0.05, 0.1) is 11.9 Å². The van der Waals surface area contributed by atoms with Crippen LogP contribution < -0.4 is 20.1 Å². The molecule has 10 nitrogen and oxygen atoms in total. The Morgan fingerprint density at radius 2 is 1.77 bits per heavy atom. The predicted octanol–water partition coefficient (Wildman–Crippen LogP) is 3.13. The maximum absolute atomic E-state index is 13.9. The van der Waals surface area contributed by atoms with Crippen LogP contribution in [0.15, 0.2) is 66.7 Å². The number of aliphatic hydroxyl groups is 1. The number of benzene rings is 3. The van der Waals surface area contributed by atoms with Crippen LogP contribution in [0.25, 0.3) is 0 Å². The summed E-state index contributed by atoms with van der Waals surface area (Å²) in [6.45, 7) is 5.75. The number of phenolic OH excluding ortho intramolecular Hbond substituents is 1. The van der Waals surface area contributed by atoms with Gasteiger partial charge in [0.25, 0.3) is 11.8 Å². The van der Waals surface area contributed by atoms with E-state index < -0.39 is 34.7 Å². The third-order valence-corrected chi connectivity index (χ3v) is 9.15. The highest BCUT2D eigenvalue weighted by atomic mass is 32.2. The van der Waals surface area contributed by atoms with Crippen LogP contribution in [0, 0.1) is 6.92 Å². The first-order valence-corrected chi connectivity index (χ1v) is 15.0. The van der Waals surface area contributed by atoms with Gasteiger partial charge in [-0.1, -0.05) is 42.5 Å². The van der Waals surface area contributed by atoms with Gasteiger partial charge in [0.15, 0.2) is 17.6 Å². The average Bonchev–Trinajstić information content (AvgIpc) is 3.59. The Kier molecular flexibility index (Phi) is 8.84. The normalized spacial score (nSPS) is 18.1. The van der Waals surface area contributed by atoms with Gasteiger partial charge in [0.2, 0.25) is 12.7 Å². The topological polar surface area (TPSA) is 137 Å². The van der Waals surface area contributed by atoms with Crippen LogP contribution in [0.4, 0.5) is 0 Å². The minimum Gasteiger partial charge on any atom is -0.508 e. The fourth-order valence-corrected chi connectivity index (χ4v) is 6.46. The molecule has 2 aliphatic heterocycles. The number of fused-ring (bicyclic) bond motifs is 1. The van der Waals surface area contributed by atoms with E-state index >= 15 is 0 Å². The molecule has 43 heavy (non-hydrogen) atoms. The zero-order chi connectivity index (χ0) is 30.7. The molecule has 5 rings (SSSR count). The second kappa shape index (κ2) is 12.6. The Balaban J connectivity index is 1.34. The van der Waals surface area contributed by atoms with Crippen molar-refractivity contribution in [3.63, 3.8) is 0 Å². The summed E-state index contributed by atoms with van der Waals surface area (Å²) >= 11 is 1.44. The zero-order valence-corrected chi connectivity index (χ0v) is 25.0. The Hall–Kier alpha value is -4.22. The number of thioether (sulfide) groups is 1. The zero-order valence-electron chi connectivity index (χ0n) is 24.2. The quantitative estimate of drug-likeness (QED) is 0.292. The number of hydrogen-bond acceptors (Lipinski definition) is 8. The van der Waals surface area contributed by atoms with E-state index in [2.05, 4.69) is 10.6 Å². The molecule has 3 aromatic rings. The van der Waals surface area contributed by atoms with Gasteiger partial charge >= 0.3 is 0 Å². The van der Waals surface area contributed by atoms with Crippen molar-refractivity contribution in [1.29, 1.82) is 0 Å². The molecule has 3 atom stereocenters. The van der Waals surface area contributed by atoms with E-state index in [1.54, 1.807) is 31.2 Å². The van der Waals surface area contributed by atoms with Crippen molar-refractivity contribution in [2.24, 2.45) is 0 Å². The molecular weight excluding hydrogens is 570 g/mol. The summed E-state index contributed by atoms with van der Waals surface area (Å²) in [4.78, 5) is 42.1. The summed E-state index contributed by atoms with van der Waals surface area (Å²) < 4.78 is 10.1. The Bertz CT molecular complexity index is 1510. The van der Waals surface area contributed by atoms with Crippen molar-refractivity contribution < 1.29 is 34.1 Å². The van der Waals surface area contributed by atoms with E-state index in [-0.39, 0.29) is 42.9 Å². The molecule has 2 aliphatic rings. The van der Waals surface area contributed by atoms with Gasteiger partial charge in [-0.25, -0.2) is 0 Å². The number of hydrogen-bond donors (Lipinski definition) is 4. The fourth-order valence-electron chi connectivity index (χ4n) is 5.32. The molecule has 1 saturated heterocycles. The van der Waals surface area contributed by atoms with Crippen LogP contribution in [-0.4, -0.2) is 68.4 Å². The van der Waals surface area contributed by atoms with Crippen molar-refractivity contribution in [3.05, 3.63) is 89.0 Å². The van der Waals surface area contributed by atoms with E-state index in [1.165, 1.54) is 22.7 Å². The number of nitrogens with zero attached hydrogens (tertiary/aromatic N) is 1. The van der Waals surface area contributed by atoms with Crippen LogP contribution in [-0.2, 0) is 22.6 Å². The fraction of sp³-hybridized carbons (Fsp3) is 0.344. The highest BCUT2D eigenvalue weighted by molar-refractivity contribution is 8.00. The lowest BCUT2D eigenvalue weighted by Crippen LogP contribution is -2.58. The summed E-state index contributed by atoms with van der Waals surface area (Å²) in [7, 11) is 0. The van der Waals surface area contributed by atoms with Gasteiger partial charge in [-0.15, -0.1) is 11.8 Å². The number of carbonyl (C=O) groups excluding carboxylic acids is 3. The van der Waals surface area contributed by atoms with E-state index in [0.717, 1.165) is 11.1 Å². The largest absolute Gasteiger partial charge is 0.508 e. The lowest BCUT2D eigenvalue weighted by Gasteiger charge is -2.33. The van der Waals surface area contributed by atoms with E-state index in [0.29, 0.717) is 17.1 Å². The third kappa shape index (κ3) is 6.57. The number of aromatic hydroxyl groups is 1.